The minimum atomic E-state index is 0. The first-order valence-corrected chi connectivity index (χ1v) is 2.44. The van der Waals surface area contributed by atoms with Crippen molar-refractivity contribution in [3.63, 3.8) is 0 Å². The number of carbonyl (C=O) groups excluding carboxylic acids is 1. The molecule has 0 heterocycles. The molecule has 0 atom stereocenters. The van der Waals surface area contributed by atoms with E-state index in [2.05, 4.69) is 0 Å². The Morgan fingerprint density at radius 1 is 1.11 bits per heavy atom. The van der Waals surface area contributed by atoms with Crippen LogP contribution in [0.15, 0.2) is 30.3 Å². The average Bonchev–Trinajstić information content (AvgIpc) is 1.90. The molecule has 0 saturated carbocycles. The third-order valence-electron chi connectivity index (χ3n) is 0.936. The lowest BCUT2D eigenvalue weighted by Gasteiger charge is -1.81. The molecular formula is C7H6FO-. The first kappa shape index (κ1) is 7.82. The van der Waals surface area contributed by atoms with Gasteiger partial charge < -0.3 is 4.70 Å². The maximum absolute atomic E-state index is 10.0. The Bertz CT molecular complexity index is 172. The Labute approximate surface area is 52.7 Å². The van der Waals surface area contributed by atoms with Crippen LogP contribution in [0.2, 0.25) is 0 Å². The number of aldehydes is 1. The molecule has 0 fully saturated rings. The zero-order valence-corrected chi connectivity index (χ0v) is 4.75. The van der Waals surface area contributed by atoms with Crippen molar-refractivity contribution >= 4 is 6.29 Å². The molecule has 0 spiro atoms. The van der Waals surface area contributed by atoms with E-state index in [0.717, 1.165) is 11.8 Å². The maximum Gasteiger partial charge on any atom is 0.150 e. The largest absolute Gasteiger partial charge is 1.00 e. The van der Waals surface area contributed by atoms with Gasteiger partial charge in [-0.05, 0) is 0 Å². The van der Waals surface area contributed by atoms with Crippen molar-refractivity contribution in [1.82, 2.24) is 0 Å². The van der Waals surface area contributed by atoms with E-state index in [9.17, 15) is 4.79 Å². The molecule has 0 aromatic heterocycles. The van der Waals surface area contributed by atoms with E-state index in [1.165, 1.54) is 0 Å². The van der Waals surface area contributed by atoms with Crippen LogP contribution in [0, 0.1) is 0 Å². The van der Waals surface area contributed by atoms with Gasteiger partial charge in [0.25, 0.3) is 0 Å². The highest BCUT2D eigenvalue weighted by atomic mass is 19.0. The fraction of sp³-hybridized carbons (Fsp3) is 0. The predicted molar refractivity (Wildman–Crippen MR) is 31.8 cm³/mol. The van der Waals surface area contributed by atoms with Gasteiger partial charge in [-0.1, -0.05) is 30.3 Å². The van der Waals surface area contributed by atoms with Crippen LogP contribution < -0.4 is 4.70 Å². The third-order valence-corrected chi connectivity index (χ3v) is 0.936. The van der Waals surface area contributed by atoms with Crippen molar-refractivity contribution in [2.24, 2.45) is 0 Å². The Hall–Kier alpha value is -1.18. The molecule has 0 aliphatic heterocycles. The molecule has 9 heavy (non-hydrogen) atoms. The Morgan fingerprint density at radius 2 is 1.67 bits per heavy atom. The Morgan fingerprint density at radius 3 is 2.00 bits per heavy atom. The molecule has 0 saturated heterocycles. The molecule has 1 nitrogen and oxygen atoms in total. The normalized spacial score (nSPS) is 7.56. The quantitative estimate of drug-likeness (QED) is 0.418. The maximum atomic E-state index is 10.0. The van der Waals surface area contributed by atoms with Crippen molar-refractivity contribution in [3.05, 3.63) is 35.9 Å². The number of rotatable bonds is 1. The van der Waals surface area contributed by atoms with Crippen molar-refractivity contribution in [1.29, 1.82) is 0 Å². The molecule has 0 amide bonds. The average molecular weight is 125 g/mol. The molecule has 48 valence electrons. The smallest absolute Gasteiger partial charge is 0.150 e. The molecule has 0 aliphatic rings. The summed E-state index contributed by atoms with van der Waals surface area (Å²) in [5, 5.41) is 0. The monoisotopic (exact) mass is 125 g/mol. The fourth-order valence-electron chi connectivity index (χ4n) is 0.532. The molecule has 0 aliphatic carbocycles. The highest BCUT2D eigenvalue weighted by molar-refractivity contribution is 5.74. The Kier molecular flexibility index (Phi) is 3.28. The van der Waals surface area contributed by atoms with E-state index in [4.69, 9.17) is 0 Å². The van der Waals surface area contributed by atoms with E-state index in [0.29, 0.717) is 0 Å². The SMILES string of the molecule is O=Cc1ccccc1.[F-]. The van der Waals surface area contributed by atoms with Crippen LogP contribution in [0.25, 0.3) is 0 Å². The molecule has 2 heteroatoms. The van der Waals surface area contributed by atoms with Crippen molar-refractivity contribution in [3.8, 4) is 0 Å². The van der Waals surface area contributed by atoms with Gasteiger partial charge in [0.1, 0.15) is 6.29 Å². The molecule has 1 aromatic rings. The van der Waals surface area contributed by atoms with Gasteiger partial charge in [0, 0.05) is 5.56 Å². The first-order valence-electron chi connectivity index (χ1n) is 2.44. The zero-order valence-electron chi connectivity index (χ0n) is 4.75. The lowest BCUT2D eigenvalue weighted by Crippen LogP contribution is -3.00. The second-order valence-corrected chi connectivity index (χ2v) is 1.53. The van der Waals surface area contributed by atoms with E-state index in [-0.39, 0.29) is 4.70 Å². The molecular weight excluding hydrogens is 119 g/mol. The van der Waals surface area contributed by atoms with Gasteiger partial charge in [0.2, 0.25) is 0 Å². The van der Waals surface area contributed by atoms with Gasteiger partial charge in [0.05, 0.1) is 0 Å². The minimum Gasteiger partial charge on any atom is -1.00 e. The van der Waals surface area contributed by atoms with Gasteiger partial charge in [-0.3, -0.25) is 4.79 Å². The van der Waals surface area contributed by atoms with Crippen molar-refractivity contribution in [2.45, 2.75) is 0 Å². The zero-order chi connectivity index (χ0) is 5.82. The van der Waals surface area contributed by atoms with E-state index < -0.39 is 0 Å². The van der Waals surface area contributed by atoms with Crippen LogP contribution in [0.1, 0.15) is 10.4 Å². The standard InChI is InChI=1S/C7H6O.FH/c8-6-7-4-2-1-3-5-7;/h1-6H;1H/p-1. The van der Waals surface area contributed by atoms with E-state index >= 15 is 0 Å². The fourth-order valence-corrected chi connectivity index (χ4v) is 0.532. The van der Waals surface area contributed by atoms with Gasteiger partial charge >= 0.3 is 0 Å². The van der Waals surface area contributed by atoms with Crippen LogP contribution in [-0.4, -0.2) is 6.29 Å². The second-order valence-electron chi connectivity index (χ2n) is 1.53. The summed E-state index contributed by atoms with van der Waals surface area (Å²) in [6.45, 7) is 0. The van der Waals surface area contributed by atoms with E-state index in [1.807, 2.05) is 18.2 Å². The Balaban J connectivity index is 0.000000640. The van der Waals surface area contributed by atoms with Gasteiger partial charge in [0.15, 0.2) is 0 Å². The third kappa shape index (κ3) is 2.04. The lowest BCUT2D eigenvalue weighted by molar-refractivity contribution is -0.00000803. The summed E-state index contributed by atoms with van der Waals surface area (Å²) in [5.41, 5.74) is 0.729. The van der Waals surface area contributed by atoms with Gasteiger partial charge in [-0.25, -0.2) is 0 Å². The van der Waals surface area contributed by atoms with E-state index in [1.54, 1.807) is 12.1 Å². The highest BCUT2D eigenvalue weighted by Gasteiger charge is 1.79. The van der Waals surface area contributed by atoms with Gasteiger partial charge in [-0.15, -0.1) is 0 Å². The number of carbonyl (C=O) groups is 1. The first-order chi connectivity index (χ1) is 3.93. The summed E-state index contributed by atoms with van der Waals surface area (Å²) in [6.07, 6.45) is 0.833. The van der Waals surface area contributed by atoms with Crippen LogP contribution in [0.4, 0.5) is 0 Å². The summed E-state index contributed by atoms with van der Waals surface area (Å²) < 4.78 is 0. The summed E-state index contributed by atoms with van der Waals surface area (Å²) in [6, 6.07) is 9.10. The predicted octanol–water partition coefficient (Wildman–Crippen LogP) is -1.50. The molecule has 0 radical (unpaired) electrons. The van der Waals surface area contributed by atoms with Crippen molar-refractivity contribution < 1.29 is 9.50 Å². The van der Waals surface area contributed by atoms with Gasteiger partial charge in [-0.2, -0.15) is 0 Å². The molecule has 1 aromatic carbocycles. The second kappa shape index (κ2) is 3.78. The molecule has 1 rings (SSSR count). The molecule has 0 N–H and O–H groups in total. The summed E-state index contributed by atoms with van der Waals surface area (Å²) in [5.74, 6) is 0. The number of hydrogen-bond donors (Lipinski definition) is 0. The highest BCUT2D eigenvalue weighted by Crippen LogP contribution is 1.91. The van der Waals surface area contributed by atoms with Crippen LogP contribution in [0.5, 0.6) is 0 Å². The topological polar surface area (TPSA) is 17.1 Å². The summed E-state index contributed by atoms with van der Waals surface area (Å²) in [7, 11) is 0. The van der Waals surface area contributed by atoms with Crippen LogP contribution >= 0.6 is 0 Å². The number of hydrogen-bond acceptors (Lipinski definition) is 1. The van der Waals surface area contributed by atoms with Crippen LogP contribution in [0.3, 0.4) is 0 Å². The minimum absolute atomic E-state index is 0. The van der Waals surface area contributed by atoms with Crippen LogP contribution in [-0.2, 0) is 0 Å². The number of benzene rings is 1. The summed E-state index contributed by atoms with van der Waals surface area (Å²) >= 11 is 0. The molecule has 0 bridgehead atoms. The number of halogens is 1. The lowest BCUT2D eigenvalue weighted by atomic mass is 10.2. The summed E-state index contributed by atoms with van der Waals surface area (Å²) in [4.78, 5) is 10.0. The molecule has 0 unspecified atom stereocenters. The van der Waals surface area contributed by atoms with Crippen molar-refractivity contribution in [2.75, 3.05) is 0 Å².